The van der Waals surface area contributed by atoms with Gasteiger partial charge in [0.05, 0.1) is 6.54 Å². The fourth-order valence-electron chi connectivity index (χ4n) is 2.13. The fourth-order valence-corrected chi connectivity index (χ4v) is 2.32. The van der Waals surface area contributed by atoms with Crippen molar-refractivity contribution in [2.24, 2.45) is 0 Å². The van der Waals surface area contributed by atoms with Crippen LogP contribution in [0.1, 0.15) is 23.6 Å². The molecule has 1 atom stereocenters. The third kappa shape index (κ3) is 2.94. The number of fused-ring (bicyclic) bond motifs is 1. The zero-order valence-corrected chi connectivity index (χ0v) is 9.97. The molecule has 0 spiro atoms. The fraction of sp³-hybridized carbons (Fsp3) is 0.500. The summed E-state index contributed by atoms with van der Waals surface area (Å²) in [5.41, 5.74) is 2.14. The van der Waals surface area contributed by atoms with Crippen molar-refractivity contribution < 1.29 is 13.9 Å². The molecule has 94 valence electrons. The van der Waals surface area contributed by atoms with Gasteiger partial charge in [0.25, 0.3) is 5.92 Å². The molecule has 0 fully saturated rings. The minimum atomic E-state index is -3.06. The first kappa shape index (κ1) is 12.7. The molecule has 0 heterocycles. The van der Waals surface area contributed by atoms with Gasteiger partial charge >= 0.3 is 0 Å². The molecule has 2 nitrogen and oxygen atoms in total. The molecule has 0 saturated carbocycles. The van der Waals surface area contributed by atoms with Crippen molar-refractivity contribution in [1.29, 1.82) is 0 Å². The predicted molar refractivity (Wildman–Crippen MR) is 62.5 cm³/mol. The molecule has 1 unspecified atom stereocenters. The number of benzene rings is 1. The van der Waals surface area contributed by atoms with Crippen LogP contribution in [0.5, 0.6) is 0 Å². The third-order valence-corrected chi connectivity index (χ3v) is 3.26. The Labute approximate surface area is 104 Å². The normalized spacial score (nSPS) is 19.4. The number of aliphatic hydroxyl groups excluding tert-OH is 1. The predicted octanol–water partition coefficient (Wildman–Crippen LogP) is 2.54. The Kier molecular flexibility index (Phi) is 3.66. The van der Waals surface area contributed by atoms with Gasteiger partial charge in [-0.3, -0.25) is 0 Å². The van der Waals surface area contributed by atoms with Gasteiger partial charge in [-0.05, 0) is 36.1 Å². The Balaban J connectivity index is 2.03. The third-order valence-electron chi connectivity index (χ3n) is 3.02. The van der Waals surface area contributed by atoms with Crippen molar-refractivity contribution in [2.75, 3.05) is 13.2 Å². The molecular weight excluding hydrogens is 248 g/mol. The zero-order valence-electron chi connectivity index (χ0n) is 9.22. The van der Waals surface area contributed by atoms with Crippen molar-refractivity contribution in [2.45, 2.75) is 24.8 Å². The number of nitrogens with one attached hydrogen (secondary N) is 1. The first-order valence-corrected chi connectivity index (χ1v) is 5.90. The van der Waals surface area contributed by atoms with Crippen molar-refractivity contribution >= 4 is 11.6 Å². The van der Waals surface area contributed by atoms with Gasteiger partial charge in [-0.25, -0.2) is 8.78 Å². The van der Waals surface area contributed by atoms with Crippen molar-refractivity contribution in [1.82, 2.24) is 5.32 Å². The van der Waals surface area contributed by atoms with Crippen LogP contribution in [0, 0.1) is 0 Å². The van der Waals surface area contributed by atoms with Crippen molar-refractivity contribution in [3.05, 3.63) is 34.3 Å². The van der Waals surface area contributed by atoms with Gasteiger partial charge in [0.1, 0.15) is 6.61 Å². The number of hydrogen-bond donors (Lipinski definition) is 2. The number of rotatable bonds is 4. The van der Waals surface area contributed by atoms with Gasteiger partial charge < -0.3 is 10.4 Å². The summed E-state index contributed by atoms with van der Waals surface area (Å²) in [5, 5.41) is 12.0. The first-order chi connectivity index (χ1) is 8.02. The van der Waals surface area contributed by atoms with E-state index < -0.39 is 19.1 Å². The molecule has 0 aromatic heterocycles. The number of halogens is 3. The average Bonchev–Trinajstić information content (AvgIpc) is 2.69. The topological polar surface area (TPSA) is 32.3 Å². The van der Waals surface area contributed by atoms with Crippen LogP contribution in [0.3, 0.4) is 0 Å². The molecule has 1 aromatic carbocycles. The van der Waals surface area contributed by atoms with Crippen LogP contribution in [0.2, 0.25) is 5.02 Å². The van der Waals surface area contributed by atoms with Gasteiger partial charge in [-0.1, -0.05) is 17.7 Å². The monoisotopic (exact) mass is 261 g/mol. The highest BCUT2D eigenvalue weighted by Gasteiger charge is 2.30. The van der Waals surface area contributed by atoms with E-state index in [1.54, 1.807) is 6.07 Å². The second kappa shape index (κ2) is 4.88. The molecule has 1 aromatic rings. The lowest BCUT2D eigenvalue weighted by molar-refractivity contribution is -0.0493. The highest BCUT2D eigenvalue weighted by atomic mass is 35.5. The van der Waals surface area contributed by atoms with Crippen LogP contribution in [-0.4, -0.2) is 24.2 Å². The summed E-state index contributed by atoms with van der Waals surface area (Å²) in [7, 11) is 0. The maximum Gasteiger partial charge on any atom is 0.282 e. The Morgan fingerprint density at radius 3 is 2.94 bits per heavy atom. The standard InChI is InChI=1S/C12H14ClF2NO/c13-9-2-3-10-8(5-9)1-4-11(10)16-6-12(14,15)7-17/h2-3,5,11,16-17H,1,4,6-7H2. The van der Waals surface area contributed by atoms with E-state index in [0.29, 0.717) is 5.02 Å². The van der Waals surface area contributed by atoms with E-state index in [2.05, 4.69) is 5.32 Å². The second-order valence-corrected chi connectivity index (χ2v) is 4.77. The van der Waals surface area contributed by atoms with E-state index in [-0.39, 0.29) is 6.04 Å². The van der Waals surface area contributed by atoms with E-state index in [4.69, 9.17) is 16.7 Å². The Morgan fingerprint density at radius 2 is 2.24 bits per heavy atom. The SMILES string of the molecule is OCC(F)(F)CNC1CCc2cc(Cl)ccc21. The highest BCUT2D eigenvalue weighted by molar-refractivity contribution is 6.30. The van der Waals surface area contributed by atoms with Crippen LogP contribution in [0.25, 0.3) is 0 Å². The Hall–Kier alpha value is -0.710. The molecule has 17 heavy (non-hydrogen) atoms. The molecular formula is C12H14ClF2NO. The van der Waals surface area contributed by atoms with Crippen LogP contribution < -0.4 is 5.32 Å². The Bertz CT molecular complexity index is 411. The maximum absolute atomic E-state index is 12.9. The lowest BCUT2D eigenvalue weighted by Gasteiger charge is -2.19. The highest BCUT2D eigenvalue weighted by Crippen LogP contribution is 2.33. The summed E-state index contributed by atoms with van der Waals surface area (Å²) in [6.07, 6.45) is 1.63. The number of hydrogen-bond acceptors (Lipinski definition) is 2. The largest absolute Gasteiger partial charge is 0.390 e. The van der Waals surface area contributed by atoms with Gasteiger partial charge in [0.2, 0.25) is 0 Å². The van der Waals surface area contributed by atoms with Crippen LogP contribution in [0.4, 0.5) is 8.78 Å². The van der Waals surface area contributed by atoms with E-state index in [0.717, 1.165) is 24.0 Å². The molecule has 0 amide bonds. The molecule has 2 rings (SSSR count). The average molecular weight is 262 g/mol. The Morgan fingerprint density at radius 1 is 1.47 bits per heavy atom. The summed E-state index contributed by atoms with van der Waals surface area (Å²) in [6.45, 7) is -1.63. The van der Waals surface area contributed by atoms with E-state index >= 15 is 0 Å². The smallest absolute Gasteiger partial charge is 0.282 e. The van der Waals surface area contributed by atoms with Crippen LogP contribution in [-0.2, 0) is 6.42 Å². The maximum atomic E-state index is 12.9. The lowest BCUT2D eigenvalue weighted by Crippen LogP contribution is -2.37. The number of aryl methyl sites for hydroxylation is 1. The molecule has 0 bridgehead atoms. The first-order valence-electron chi connectivity index (χ1n) is 5.52. The molecule has 5 heteroatoms. The summed E-state index contributed by atoms with van der Waals surface area (Å²) in [4.78, 5) is 0. The summed E-state index contributed by atoms with van der Waals surface area (Å²) < 4.78 is 25.8. The van der Waals surface area contributed by atoms with Crippen LogP contribution >= 0.6 is 11.6 Å². The summed E-state index contributed by atoms with van der Waals surface area (Å²) in [6, 6.07) is 5.45. The summed E-state index contributed by atoms with van der Waals surface area (Å²) >= 11 is 5.87. The molecule has 0 radical (unpaired) electrons. The van der Waals surface area contributed by atoms with Gasteiger partial charge in [-0.15, -0.1) is 0 Å². The van der Waals surface area contributed by atoms with Gasteiger partial charge in [-0.2, -0.15) is 0 Å². The quantitative estimate of drug-likeness (QED) is 0.873. The molecule has 2 N–H and O–H groups in total. The van der Waals surface area contributed by atoms with Crippen LogP contribution in [0.15, 0.2) is 18.2 Å². The van der Waals surface area contributed by atoms with Gasteiger partial charge in [0, 0.05) is 11.1 Å². The number of aliphatic hydroxyl groups is 1. The van der Waals surface area contributed by atoms with E-state index in [1.165, 1.54) is 0 Å². The van der Waals surface area contributed by atoms with Gasteiger partial charge in [0.15, 0.2) is 0 Å². The minimum Gasteiger partial charge on any atom is -0.390 e. The molecule has 0 aliphatic heterocycles. The molecule has 1 aliphatic carbocycles. The second-order valence-electron chi connectivity index (χ2n) is 4.33. The lowest BCUT2D eigenvalue weighted by atomic mass is 10.1. The zero-order chi connectivity index (χ0) is 12.5. The summed E-state index contributed by atoms with van der Waals surface area (Å²) in [5.74, 6) is -3.06. The van der Waals surface area contributed by atoms with E-state index in [9.17, 15) is 8.78 Å². The van der Waals surface area contributed by atoms with E-state index in [1.807, 2.05) is 12.1 Å². The molecule has 1 aliphatic rings. The van der Waals surface area contributed by atoms with Crippen molar-refractivity contribution in [3.63, 3.8) is 0 Å². The van der Waals surface area contributed by atoms with Crippen molar-refractivity contribution in [3.8, 4) is 0 Å². The minimum absolute atomic E-state index is 0.0697. The molecule has 0 saturated heterocycles. The number of alkyl halides is 2.